The fourth-order valence-corrected chi connectivity index (χ4v) is 1.23. The molecule has 0 spiro atoms. The smallest absolute Gasteiger partial charge is 0.134 e. The molecule has 13 heavy (non-hydrogen) atoms. The zero-order chi connectivity index (χ0) is 9.84. The van der Waals surface area contributed by atoms with Crippen LogP contribution in [-0.2, 0) is 11.2 Å². The molecule has 0 aliphatic heterocycles. The van der Waals surface area contributed by atoms with E-state index in [1.165, 1.54) is 0 Å². The van der Waals surface area contributed by atoms with E-state index in [2.05, 4.69) is 0 Å². The SMILES string of the molecule is CC(=O)Cc1cccc(N(C)C)c1. The van der Waals surface area contributed by atoms with E-state index >= 15 is 0 Å². The van der Waals surface area contributed by atoms with Crippen molar-refractivity contribution in [3.8, 4) is 0 Å². The van der Waals surface area contributed by atoms with Crippen LogP contribution >= 0.6 is 0 Å². The number of Topliss-reactive ketones (excluding diaryl/α,β-unsaturated/α-hetero) is 1. The van der Waals surface area contributed by atoms with Crippen LogP contribution in [0.4, 0.5) is 5.69 Å². The second-order valence-electron chi connectivity index (χ2n) is 3.44. The molecule has 2 heteroatoms. The molecule has 0 N–H and O–H groups in total. The molecular weight excluding hydrogens is 162 g/mol. The van der Waals surface area contributed by atoms with Crippen LogP contribution in [-0.4, -0.2) is 19.9 Å². The largest absolute Gasteiger partial charge is 0.378 e. The first-order valence-corrected chi connectivity index (χ1v) is 4.35. The maximum atomic E-state index is 10.9. The van der Waals surface area contributed by atoms with Gasteiger partial charge < -0.3 is 4.90 Å². The summed E-state index contributed by atoms with van der Waals surface area (Å²) in [6.45, 7) is 1.61. The number of rotatable bonds is 3. The number of carbonyl (C=O) groups is 1. The Bertz CT molecular complexity index is 305. The van der Waals surface area contributed by atoms with Crippen molar-refractivity contribution in [2.75, 3.05) is 19.0 Å². The summed E-state index contributed by atoms with van der Waals surface area (Å²) in [7, 11) is 3.99. The zero-order valence-electron chi connectivity index (χ0n) is 8.37. The van der Waals surface area contributed by atoms with Crippen LogP contribution in [0.3, 0.4) is 0 Å². The molecule has 1 rings (SSSR count). The first-order valence-electron chi connectivity index (χ1n) is 4.35. The second kappa shape index (κ2) is 4.08. The molecule has 70 valence electrons. The Morgan fingerprint density at radius 2 is 2.08 bits per heavy atom. The maximum absolute atomic E-state index is 10.9. The summed E-state index contributed by atoms with van der Waals surface area (Å²) in [5.74, 6) is 0.205. The third-order valence-electron chi connectivity index (χ3n) is 1.88. The van der Waals surface area contributed by atoms with E-state index < -0.39 is 0 Å². The van der Waals surface area contributed by atoms with Crippen LogP contribution in [0.5, 0.6) is 0 Å². The van der Waals surface area contributed by atoms with E-state index in [1.54, 1.807) is 6.92 Å². The summed E-state index contributed by atoms with van der Waals surface area (Å²) in [5, 5.41) is 0. The predicted molar refractivity (Wildman–Crippen MR) is 55.2 cm³/mol. The van der Waals surface area contributed by atoms with Crippen LogP contribution in [0.25, 0.3) is 0 Å². The summed E-state index contributed by atoms with van der Waals surface area (Å²) in [4.78, 5) is 12.9. The summed E-state index contributed by atoms with van der Waals surface area (Å²) >= 11 is 0. The van der Waals surface area contributed by atoms with Crippen molar-refractivity contribution < 1.29 is 4.79 Å². The Hall–Kier alpha value is -1.31. The minimum absolute atomic E-state index is 0.205. The molecule has 0 atom stereocenters. The summed E-state index contributed by atoms with van der Waals surface area (Å²) in [6, 6.07) is 8.03. The van der Waals surface area contributed by atoms with Crippen molar-refractivity contribution in [2.24, 2.45) is 0 Å². The molecule has 0 radical (unpaired) electrons. The Morgan fingerprint density at radius 1 is 1.38 bits per heavy atom. The molecule has 0 saturated carbocycles. The van der Waals surface area contributed by atoms with Gasteiger partial charge in [0.2, 0.25) is 0 Å². The van der Waals surface area contributed by atoms with E-state index in [-0.39, 0.29) is 5.78 Å². The normalized spacial score (nSPS) is 9.77. The molecule has 0 amide bonds. The summed E-state index contributed by atoms with van der Waals surface area (Å²) < 4.78 is 0. The molecule has 0 aliphatic carbocycles. The lowest BCUT2D eigenvalue weighted by Gasteiger charge is -2.12. The van der Waals surface area contributed by atoms with E-state index in [0.717, 1.165) is 11.3 Å². The van der Waals surface area contributed by atoms with E-state index in [9.17, 15) is 4.79 Å². The lowest BCUT2D eigenvalue weighted by molar-refractivity contribution is -0.116. The van der Waals surface area contributed by atoms with Crippen molar-refractivity contribution in [1.29, 1.82) is 0 Å². The van der Waals surface area contributed by atoms with Crippen LogP contribution in [0, 0.1) is 0 Å². The van der Waals surface area contributed by atoms with Crippen LogP contribution < -0.4 is 4.90 Å². The minimum Gasteiger partial charge on any atom is -0.378 e. The highest BCUT2D eigenvalue weighted by Gasteiger charge is 1.99. The molecule has 1 aromatic rings. The van der Waals surface area contributed by atoms with Gasteiger partial charge >= 0.3 is 0 Å². The highest BCUT2D eigenvalue weighted by molar-refractivity contribution is 5.78. The number of anilines is 1. The minimum atomic E-state index is 0.205. The van der Waals surface area contributed by atoms with Gasteiger partial charge in [0.25, 0.3) is 0 Å². The molecule has 0 aliphatic rings. The average Bonchev–Trinajstić information content (AvgIpc) is 2.03. The van der Waals surface area contributed by atoms with Crippen LogP contribution in [0.2, 0.25) is 0 Å². The maximum Gasteiger partial charge on any atom is 0.134 e. The standard InChI is InChI=1S/C11H15NO/c1-9(13)7-10-5-4-6-11(8-10)12(2)3/h4-6,8H,7H2,1-3H3. The first kappa shape index (κ1) is 9.78. The lowest BCUT2D eigenvalue weighted by atomic mass is 10.1. The monoisotopic (exact) mass is 177 g/mol. The van der Waals surface area contributed by atoms with Crippen molar-refractivity contribution >= 4 is 11.5 Å². The van der Waals surface area contributed by atoms with Gasteiger partial charge in [-0.15, -0.1) is 0 Å². The van der Waals surface area contributed by atoms with Crippen molar-refractivity contribution in [3.05, 3.63) is 29.8 Å². The topological polar surface area (TPSA) is 20.3 Å². The fraction of sp³-hybridized carbons (Fsp3) is 0.364. The zero-order valence-corrected chi connectivity index (χ0v) is 8.37. The lowest BCUT2D eigenvalue weighted by Crippen LogP contribution is -2.09. The molecule has 1 aromatic carbocycles. The Kier molecular flexibility index (Phi) is 3.07. The van der Waals surface area contributed by atoms with Crippen LogP contribution in [0.1, 0.15) is 12.5 Å². The molecule has 0 heterocycles. The molecule has 0 saturated heterocycles. The second-order valence-corrected chi connectivity index (χ2v) is 3.44. The Morgan fingerprint density at radius 3 is 2.62 bits per heavy atom. The molecule has 0 unspecified atom stereocenters. The van der Waals surface area contributed by atoms with E-state index in [4.69, 9.17) is 0 Å². The number of hydrogen-bond acceptors (Lipinski definition) is 2. The number of nitrogens with zero attached hydrogens (tertiary/aromatic N) is 1. The number of carbonyl (C=O) groups excluding carboxylic acids is 1. The predicted octanol–water partition coefficient (Wildman–Crippen LogP) is 1.88. The molecule has 0 fully saturated rings. The highest BCUT2D eigenvalue weighted by atomic mass is 16.1. The Balaban J connectivity index is 2.85. The van der Waals surface area contributed by atoms with Gasteiger partial charge in [-0.3, -0.25) is 4.79 Å². The molecule has 0 bridgehead atoms. The molecule has 0 aromatic heterocycles. The third-order valence-corrected chi connectivity index (χ3v) is 1.88. The van der Waals surface area contributed by atoms with E-state index in [0.29, 0.717) is 6.42 Å². The number of hydrogen-bond donors (Lipinski definition) is 0. The van der Waals surface area contributed by atoms with Crippen LogP contribution in [0.15, 0.2) is 24.3 Å². The van der Waals surface area contributed by atoms with Gasteiger partial charge in [0.1, 0.15) is 5.78 Å². The van der Waals surface area contributed by atoms with Gasteiger partial charge in [-0.1, -0.05) is 12.1 Å². The first-order chi connectivity index (χ1) is 6.09. The van der Waals surface area contributed by atoms with Gasteiger partial charge in [0.15, 0.2) is 0 Å². The molecule has 2 nitrogen and oxygen atoms in total. The van der Waals surface area contributed by atoms with Crippen molar-refractivity contribution in [2.45, 2.75) is 13.3 Å². The number of benzene rings is 1. The van der Waals surface area contributed by atoms with Gasteiger partial charge in [-0.2, -0.15) is 0 Å². The Labute approximate surface area is 79.2 Å². The van der Waals surface area contributed by atoms with E-state index in [1.807, 2.05) is 43.3 Å². The summed E-state index contributed by atoms with van der Waals surface area (Å²) in [5.41, 5.74) is 2.22. The summed E-state index contributed by atoms with van der Waals surface area (Å²) in [6.07, 6.45) is 0.529. The van der Waals surface area contributed by atoms with Crippen molar-refractivity contribution in [1.82, 2.24) is 0 Å². The quantitative estimate of drug-likeness (QED) is 0.702. The average molecular weight is 177 g/mol. The molecular formula is C11H15NO. The van der Waals surface area contributed by atoms with Gasteiger partial charge in [0.05, 0.1) is 0 Å². The van der Waals surface area contributed by atoms with Gasteiger partial charge in [0, 0.05) is 26.2 Å². The van der Waals surface area contributed by atoms with Gasteiger partial charge in [-0.25, -0.2) is 0 Å². The highest BCUT2D eigenvalue weighted by Crippen LogP contribution is 2.13. The number of ketones is 1. The van der Waals surface area contributed by atoms with Crippen molar-refractivity contribution in [3.63, 3.8) is 0 Å². The third kappa shape index (κ3) is 2.90. The fourth-order valence-electron chi connectivity index (χ4n) is 1.23. The van der Waals surface area contributed by atoms with Gasteiger partial charge in [-0.05, 0) is 24.6 Å².